The number of benzene rings is 1. The van der Waals surface area contributed by atoms with Crippen molar-refractivity contribution >= 4 is 5.91 Å². The van der Waals surface area contributed by atoms with Gasteiger partial charge in [0.25, 0.3) is 5.91 Å². The van der Waals surface area contributed by atoms with Gasteiger partial charge in [-0.3, -0.25) is 4.79 Å². The van der Waals surface area contributed by atoms with Crippen molar-refractivity contribution in [2.45, 2.75) is 6.54 Å². The van der Waals surface area contributed by atoms with Crippen LogP contribution in [0.15, 0.2) is 36.6 Å². The Hall–Kier alpha value is -2.19. The Labute approximate surface area is 107 Å². The van der Waals surface area contributed by atoms with E-state index in [0.717, 1.165) is 5.56 Å². The van der Waals surface area contributed by atoms with Crippen molar-refractivity contribution in [1.82, 2.24) is 4.90 Å². The minimum Gasteiger partial charge on any atom is -0.496 e. The van der Waals surface area contributed by atoms with E-state index in [0.29, 0.717) is 18.0 Å². The summed E-state index contributed by atoms with van der Waals surface area (Å²) in [5.74, 6) is 1.21. The lowest BCUT2D eigenvalue weighted by Crippen LogP contribution is -2.24. The summed E-state index contributed by atoms with van der Waals surface area (Å²) in [7, 11) is 4.87. The van der Waals surface area contributed by atoms with E-state index in [4.69, 9.17) is 9.47 Å². The highest BCUT2D eigenvalue weighted by Gasteiger charge is 2.14. The van der Waals surface area contributed by atoms with Gasteiger partial charge in [0.2, 0.25) is 0 Å². The Morgan fingerprint density at radius 3 is 2.39 bits per heavy atom. The molecule has 18 heavy (non-hydrogen) atoms. The first-order valence-electron chi connectivity index (χ1n) is 5.44. The van der Waals surface area contributed by atoms with E-state index < -0.39 is 0 Å². The monoisotopic (exact) mass is 247 g/mol. The Bertz CT molecular complexity index is 454. The van der Waals surface area contributed by atoms with Crippen molar-refractivity contribution in [3.05, 3.63) is 42.1 Å². The van der Waals surface area contributed by atoms with Gasteiger partial charge in [0.1, 0.15) is 11.5 Å². The summed E-state index contributed by atoms with van der Waals surface area (Å²) in [6.07, 6.45) is 1.29. The van der Waals surface area contributed by atoms with Crippen LogP contribution in [0.4, 0.5) is 0 Å². The fourth-order valence-electron chi connectivity index (χ4n) is 1.60. The SMILES string of the molecule is C=C=CC(=O)N(C)Cc1c(OC)cccc1OC. The predicted molar refractivity (Wildman–Crippen MR) is 69.7 cm³/mol. The molecule has 0 bridgehead atoms. The molecule has 1 amide bonds. The number of carbonyl (C=O) groups excluding carboxylic acids is 1. The Morgan fingerprint density at radius 2 is 1.94 bits per heavy atom. The van der Waals surface area contributed by atoms with E-state index in [9.17, 15) is 4.79 Å². The Kier molecular flexibility index (Phi) is 5.03. The number of rotatable bonds is 5. The van der Waals surface area contributed by atoms with E-state index in [2.05, 4.69) is 12.3 Å². The van der Waals surface area contributed by atoms with Crippen molar-refractivity contribution in [2.24, 2.45) is 0 Å². The van der Waals surface area contributed by atoms with E-state index in [1.165, 1.54) is 6.08 Å². The maximum atomic E-state index is 11.6. The van der Waals surface area contributed by atoms with Crippen LogP contribution in [-0.2, 0) is 11.3 Å². The summed E-state index contributed by atoms with van der Waals surface area (Å²) in [6, 6.07) is 5.51. The van der Waals surface area contributed by atoms with Crippen molar-refractivity contribution < 1.29 is 14.3 Å². The zero-order valence-electron chi connectivity index (χ0n) is 10.9. The number of nitrogens with zero attached hydrogens (tertiary/aromatic N) is 1. The predicted octanol–water partition coefficient (Wildman–Crippen LogP) is 2.00. The summed E-state index contributed by atoms with van der Waals surface area (Å²) in [5, 5.41) is 0. The molecule has 0 radical (unpaired) electrons. The third kappa shape index (κ3) is 3.15. The van der Waals surface area contributed by atoms with E-state index in [1.807, 2.05) is 18.2 Å². The molecule has 0 fully saturated rings. The van der Waals surface area contributed by atoms with Crippen LogP contribution in [0.5, 0.6) is 11.5 Å². The largest absolute Gasteiger partial charge is 0.496 e. The summed E-state index contributed by atoms with van der Waals surface area (Å²) < 4.78 is 10.5. The highest BCUT2D eigenvalue weighted by molar-refractivity contribution is 5.87. The number of methoxy groups -OCH3 is 2. The summed E-state index contributed by atoms with van der Waals surface area (Å²) in [4.78, 5) is 13.2. The first-order chi connectivity index (χ1) is 8.63. The quantitative estimate of drug-likeness (QED) is 0.590. The number of carbonyl (C=O) groups is 1. The molecule has 0 saturated carbocycles. The molecule has 0 aliphatic carbocycles. The highest BCUT2D eigenvalue weighted by atomic mass is 16.5. The maximum Gasteiger partial charge on any atom is 0.254 e. The van der Waals surface area contributed by atoms with E-state index in [1.54, 1.807) is 26.2 Å². The van der Waals surface area contributed by atoms with Crippen LogP contribution < -0.4 is 9.47 Å². The molecular weight excluding hydrogens is 230 g/mol. The van der Waals surface area contributed by atoms with E-state index in [-0.39, 0.29) is 5.91 Å². The standard InChI is InChI=1S/C14H17NO3/c1-5-7-14(16)15(2)10-11-12(17-3)8-6-9-13(11)18-4/h6-9H,1,10H2,2-4H3. The van der Waals surface area contributed by atoms with Gasteiger partial charge in [0.15, 0.2) is 0 Å². The van der Waals surface area contributed by atoms with Crippen LogP contribution >= 0.6 is 0 Å². The molecule has 0 unspecified atom stereocenters. The van der Waals surface area contributed by atoms with Crippen molar-refractivity contribution in [1.29, 1.82) is 0 Å². The molecular formula is C14H17NO3. The highest BCUT2D eigenvalue weighted by Crippen LogP contribution is 2.29. The molecule has 0 aliphatic rings. The number of ether oxygens (including phenoxy) is 2. The van der Waals surface area contributed by atoms with Gasteiger partial charge in [-0.2, -0.15) is 0 Å². The van der Waals surface area contributed by atoms with Crippen LogP contribution in [0.3, 0.4) is 0 Å². The van der Waals surface area contributed by atoms with Crippen molar-refractivity contribution in [3.63, 3.8) is 0 Å². The lowest BCUT2D eigenvalue weighted by molar-refractivity contribution is -0.125. The fourth-order valence-corrected chi connectivity index (χ4v) is 1.60. The van der Waals surface area contributed by atoms with Gasteiger partial charge in [-0.15, -0.1) is 5.73 Å². The van der Waals surface area contributed by atoms with Gasteiger partial charge >= 0.3 is 0 Å². The topological polar surface area (TPSA) is 38.8 Å². The van der Waals surface area contributed by atoms with Gasteiger partial charge in [-0.05, 0) is 12.1 Å². The zero-order valence-corrected chi connectivity index (χ0v) is 10.9. The molecule has 0 saturated heterocycles. The second-order valence-corrected chi connectivity index (χ2v) is 3.68. The molecule has 1 aromatic rings. The zero-order chi connectivity index (χ0) is 13.5. The number of hydrogen-bond donors (Lipinski definition) is 0. The van der Waals surface area contributed by atoms with Crippen LogP contribution in [0.2, 0.25) is 0 Å². The summed E-state index contributed by atoms with van der Waals surface area (Å²) in [5.41, 5.74) is 3.29. The van der Waals surface area contributed by atoms with Crippen LogP contribution in [0.1, 0.15) is 5.56 Å². The van der Waals surface area contributed by atoms with Crippen molar-refractivity contribution in [3.8, 4) is 11.5 Å². The first-order valence-corrected chi connectivity index (χ1v) is 5.44. The van der Waals surface area contributed by atoms with Gasteiger partial charge in [-0.25, -0.2) is 0 Å². The molecule has 1 aromatic carbocycles. The molecule has 1 rings (SSSR count). The minimum absolute atomic E-state index is 0.169. The van der Waals surface area contributed by atoms with Gasteiger partial charge in [0.05, 0.1) is 26.3 Å². The average molecular weight is 247 g/mol. The second kappa shape index (κ2) is 6.52. The van der Waals surface area contributed by atoms with Crippen LogP contribution in [-0.4, -0.2) is 32.1 Å². The Balaban J connectivity index is 3.01. The fraction of sp³-hybridized carbons (Fsp3) is 0.286. The normalized spacial score (nSPS) is 9.28. The first kappa shape index (κ1) is 13.9. The van der Waals surface area contributed by atoms with Gasteiger partial charge in [0, 0.05) is 13.1 Å². The molecule has 4 nitrogen and oxygen atoms in total. The molecule has 0 N–H and O–H groups in total. The molecule has 0 heterocycles. The average Bonchev–Trinajstić information content (AvgIpc) is 2.39. The molecule has 4 heteroatoms. The minimum atomic E-state index is -0.169. The number of hydrogen-bond acceptors (Lipinski definition) is 3. The number of amides is 1. The summed E-state index contributed by atoms with van der Waals surface area (Å²) >= 11 is 0. The van der Waals surface area contributed by atoms with Gasteiger partial charge < -0.3 is 14.4 Å². The smallest absolute Gasteiger partial charge is 0.254 e. The molecule has 96 valence electrons. The second-order valence-electron chi connectivity index (χ2n) is 3.68. The van der Waals surface area contributed by atoms with Crippen LogP contribution in [0.25, 0.3) is 0 Å². The summed E-state index contributed by atoms with van der Waals surface area (Å²) in [6.45, 7) is 3.77. The molecule has 0 spiro atoms. The molecule has 0 atom stereocenters. The Morgan fingerprint density at radius 1 is 1.39 bits per heavy atom. The third-order valence-corrected chi connectivity index (χ3v) is 2.53. The number of likely N-dealkylation sites (N-methyl/N-ethyl adjacent to an activating group) is 1. The van der Waals surface area contributed by atoms with Gasteiger partial charge in [-0.1, -0.05) is 12.6 Å². The lowest BCUT2D eigenvalue weighted by atomic mass is 10.1. The third-order valence-electron chi connectivity index (χ3n) is 2.53. The lowest BCUT2D eigenvalue weighted by Gasteiger charge is -2.19. The van der Waals surface area contributed by atoms with Crippen molar-refractivity contribution in [2.75, 3.05) is 21.3 Å². The maximum absolute atomic E-state index is 11.6. The van der Waals surface area contributed by atoms with Crippen LogP contribution in [0, 0.1) is 0 Å². The molecule has 0 aliphatic heterocycles. The molecule has 0 aromatic heterocycles. The van der Waals surface area contributed by atoms with E-state index >= 15 is 0 Å².